The van der Waals surface area contributed by atoms with Crippen LogP contribution in [0.25, 0.3) is 0 Å². The Hall–Kier alpha value is -0.340. The van der Waals surface area contributed by atoms with Gasteiger partial charge in [-0.3, -0.25) is 0 Å². The SMILES string of the molecule is CCCCCCCCCC=CC1OCCCO1. The molecule has 1 saturated heterocycles. The van der Waals surface area contributed by atoms with Gasteiger partial charge in [0.1, 0.15) is 0 Å². The molecule has 1 aliphatic heterocycles. The Morgan fingerprint density at radius 1 is 0.941 bits per heavy atom. The summed E-state index contributed by atoms with van der Waals surface area (Å²) in [6.07, 6.45) is 16.0. The molecule has 0 aromatic carbocycles. The Labute approximate surface area is 106 Å². The van der Waals surface area contributed by atoms with Crippen molar-refractivity contribution >= 4 is 0 Å². The monoisotopic (exact) mass is 240 g/mol. The second-order valence-corrected chi connectivity index (χ2v) is 4.80. The van der Waals surface area contributed by atoms with Gasteiger partial charge >= 0.3 is 0 Å². The number of allylic oxidation sites excluding steroid dienone is 1. The highest BCUT2D eigenvalue weighted by atomic mass is 16.7. The fourth-order valence-corrected chi connectivity index (χ4v) is 2.04. The number of hydrogen-bond donors (Lipinski definition) is 0. The first-order chi connectivity index (χ1) is 8.43. The van der Waals surface area contributed by atoms with Crippen LogP contribution in [-0.2, 0) is 9.47 Å². The van der Waals surface area contributed by atoms with E-state index in [1.807, 2.05) is 0 Å². The Morgan fingerprint density at radius 3 is 2.29 bits per heavy atom. The van der Waals surface area contributed by atoms with Crippen LogP contribution in [0.1, 0.15) is 64.7 Å². The van der Waals surface area contributed by atoms with E-state index < -0.39 is 0 Å². The molecule has 1 heterocycles. The van der Waals surface area contributed by atoms with Crippen LogP contribution in [0.5, 0.6) is 0 Å². The summed E-state index contributed by atoms with van der Waals surface area (Å²) in [6.45, 7) is 3.94. The predicted molar refractivity (Wildman–Crippen MR) is 72.1 cm³/mol. The third kappa shape index (κ3) is 8.39. The van der Waals surface area contributed by atoms with E-state index in [1.165, 1.54) is 44.9 Å². The summed E-state index contributed by atoms with van der Waals surface area (Å²) in [7, 11) is 0. The molecule has 0 aromatic rings. The molecule has 17 heavy (non-hydrogen) atoms. The van der Waals surface area contributed by atoms with Crippen LogP contribution in [0, 0.1) is 0 Å². The molecule has 0 radical (unpaired) electrons. The Balaban J connectivity index is 1.84. The first-order valence-electron chi connectivity index (χ1n) is 7.33. The number of ether oxygens (including phenoxy) is 2. The zero-order chi connectivity index (χ0) is 12.2. The predicted octanol–water partition coefficient (Wildman–Crippen LogP) is 4.45. The summed E-state index contributed by atoms with van der Waals surface area (Å²) in [5.74, 6) is 0. The molecule has 0 spiro atoms. The van der Waals surface area contributed by atoms with Gasteiger partial charge in [0.25, 0.3) is 0 Å². The minimum atomic E-state index is -0.0756. The van der Waals surface area contributed by atoms with Crippen molar-refractivity contribution in [2.75, 3.05) is 13.2 Å². The van der Waals surface area contributed by atoms with Crippen LogP contribution in [0.4, 0.5) is 0 Å². The molecule has 0 saturated carbocycles. The van der Waals surface area contributed by atoms with Crippen molar-refractivity contribution in [1.82, 2.24) is 0 Å². The normalized spacial score (nSPS) is 17.9. The maximum atomic E-state index is 5.44. The molecule has 0 amide bonds. The van der Waals surface area contributed by atoms with E-state index in [2.05, 4.69) is 19.1 Å². The van der Waals surface area contributed by atoms with Gasteiger partial charge in [0.15, 0.2) is 6.29 Å². The summed E-state index contributed by atoms with van der Waals surface area (Å²) >= 11 is 0. The molecule has 0 unspecified atom stereocenters. The molecule has 2 nitrogen and oxygen atoms in total. The van der Waals surface area contributed by atoms with Gasteiger partial charge in [-0.2, -0.15) is 0 Å². The van der Waals surface area contributed by atoms with Crippen molar-refractivity contribution in [3.05, 3.63) is 12.2 Å². The fourth-order valence-electron chi connectivity index (χ4n) is 2.04. The molecule has 0 N–H and O–H groups in total. The highest BCUT2D eigenvalue weighted by molar-refractivity contribution is 4.85. The van der Waals surface area contributed by atoms with E-state index in [-0.39, 0.29) is 6.29 Å². The number of unbranched alkanes of at least 4 members (excludes halogenated alkanes) is 7. The van der Waals surface area contributed by atoms with Gasteiger partial charge in [0.05, 0.1) is 13.2 Å². The second kappa shape index (κ2) is 10.8. The van der Waals surface area contributed by atoms with E-state index >= 15 is 0 Å². The largest absolute Gasteiger partial charge is 0.349 e. The van der Waals surface area contributed by atoms with E-state index in [9.17, 15) is 0 Å². The van der Waals surface area contributed by atoms with Crippen LogP contribution in [0.3, 0.4) is 0 Å². The van der Waals surface area contributed by atoms with Gasteiger partial charge < -0.3 is 9.47 Å². The summed E-state index contributed by atoms with van der Waals surface area (Å²) in [5.41, 5.74) is 0. The highest BCUT2D eigenvalue weighted by Gasteiger charge is 2.09. The lowest BCUT2D eigenvalue weighted by Crippen LogP contribution is -2.22. The first kappa shape index (κ1) is 14.7. The summed E-state index contributed by atoms with van der Waals surface area (Å²) in [6, 6.07) is 0. The van der Waals surface area contributed by atoms with Crippen molar-refractivity contribution < 1.29 is 9.47 Å². The molecule has 2 heteroatoms. The van der Waals surface area contributed by atoms with Crippen molar-refractivity contribution in [2.24, 2.45) is 0 Å². The molecular weight excluding hydrogens is 212 g/mol. The summed E-state index contributed by atoms with van der Waals surface area (Å²) < 4.78 is 10.9. The van der Waals surface area contributed by atoms with Crippen molar-refractivity contribution in [3.8, 4) is 0 Å². The molecule has 0 aromatic heterocycles. The molecular formula is C15H28O2. The summed E-state index contributed by atoms with van der Waals surface area (Å²) in [5, 5.41) is 0. The van der Waals surface area contributed by atoms with Gasteiger partial charge in [-0.1, -0.05) is 51.5 Å². The zero-order valence-corrected chi connectivity index (χ0v) is 11.3. The van der Waals surface area contributed by atoms with Crippen molar-refractivity contribution in [2.45, 2.75) is 71.0 Å². The number of rotatable bonds is 9. The van der Waals surface area contributed by atoms with Crippen LogP contribution >= 0.6 is 0 Å². The molecule has 0 bridgehead atoms. The molecule has 1 rings (SSSR count). The minimum absolute atomic E-state index is 0.0756. The van der Waals surface area contributed by atoms with Gasteiger partial charge in [0, 0.05) is 0 Å². The first-order valence-corrected chi connectivity index (χ1v) is 7.33. The lowest BCUT2D eigenvalue weighted by atomic mass is 10.1. The van der Waals surface area contributed by atoms with Gasteiger partial charge in [-0.05, 0) is 25.3 Å². The zero-order valence-electron chi connectivity index (χ0n) is 11.3. The molecule has 1 aliphatic rings. The molecule has 100 valence electrons. The van der Waals surface area contributed by atoms with Crippen LogP contribution in [0.2, 0.25) is 0 Å². The summed E-state index contributed by atoms with van der Waals surface area (Å²) in [4.78, 5) is 0. The molecule has 0 aliphatic carbocycles. The van der Waals surface area contributed by atoms with Crippen LogP contribution in [0.15, 0.2) is 12.2 Å². The third-order valence-electron chi connectivity index (χ3n) is 3.12. The van der Waals surface area contributed by atoms with Gasteiger partial charge in [0.2, 0.25) is 0 Å². The fraction of sp³-hybridized carbons (Fsp3) is 0.867. The average Bonchev–Trinajstić information content (AvgIpc) is 2.38. The Bertz CT molecular complexity index is 183. The highest BCUT2D eigenvalue weighted by Crippen LogP contribution is 2.10. The lowest BCUT2D eigenvalue weighted by molar-refractivity contribution is -0.149. The minimum Gasteiger partial charge on any atom is -0.349 e. The molecule has 0 atom stereocenters. The maximum Gasteiger partial charge on any atom is 0.176 e. The van der Waals surface area contributed by atoms with Crippen molar-refractivity contribution in [3.63, 3.8) is 0 Å². The number of hydrogen-bond acceptors (Lipinski definition) is 2. The maximum absolute atomic E-state index is 5.44. The smallest absolute Gasteiger partial charge is 0.176 e. The standard InChI is InChI=1S/C15H28O2/c1-2-3-4-5-6-7-8-9-10-12-15-16-13-11-14-17-15/h10,12,15H,2-9,11,13-14H2,1H3. The van der Waals surface area contributed by atoms with Crippen LogP contribution < -0.4 is 0 Å². The van der Waals surface area contributed by atoms with E-state index in [4.69, 9.17) is 9.47 Å². The van der Waals surface area contributed by atoms with Gasteiger partial charge in [-0.15, -0.1) is 0 Å². The lowest BCUT2D eigenvalue weighted by Gasteiger charge is -2.19. The van der Waals surface area contributed by atoms with E-state index in [0.717, 1.165) is 26.1 Å². The third-order valence-corrected chi connectivity index (χ3v) is 3.12. The Morgan fingerprint density at radius 2 is 1.59 bits per heavy atom. The second-order valence-electron chi connectivity index (χ2n) is 4.80. The van der Waals surface area contributed by atoms with Gasteiger partial charge in [-0.25, -0.2) is 0 Å². The van der Waals surface area contributed by atoms with E-state index in [0.29, 0.717) is 0 Å². The average molecular weight is 240 g/mol. The van der Waals surface area contributed by atoms with E-state index in [1.54, 1.807) is 0 Å². The quantitative estimate of drug-likeness (QED) is 0.438. The van der Waals surface area contributed by atoms with Crippen molar-refractivity contribution in [1.29, 1.82) is 0 Å². The topological polar surface area (TPSA) is 18.5 Å². The Kier molecular flexibility index (Phi) is 9.34. The molecule has 1 fully saturated rings. The van der Waals surface area contributed by atoms with Crippen LogP contribution in [-0.4, -0.2) is 19.5 Å².